The van der Waals surface area contributed by atoms with Crippen molar-refractivity contribution < 1.29 is 65.7 Å². The molecular weight excluding hydrogens is 728 g/mol. The summed E-state index contributed by atoms with van der Waals surface area (Å²) in [6.45, 7) is 2.84. The molecule has 2 atom stereocenters. The topological polar surface area (TPSA) is 52.6 Å². The molecule has 1 aromatic carbocycles. The number of esters is 2. The molecule has 0 aliphatic carbocycles. The molecule has 126 valence electrons. The molecule has 8 heteroatoms. The van der Waals surface area contributed by atoms with Crippen LogP contribution >= 0.6 is 16.5 Å². The molecule has 0 aliphatic rings. The second-order valence-corrected chi connectivity index (χ2v) is 20.6. The maximum absolute atomic E-state index is 11.3. The summed E-state index contributed by atoms with van der Waals surface area (Å²) in [6, 6.07) is 7.76. The van der Waals surface area contributed by atoms with Gasteiger partial charge in [-0.1, -0.05) is 0 Å². The average molecular weight is 748 g/mol. The monoisotopic (exact) mass is 750 g/mol. The van der Waals surface area contributed by atoms with E-state index in [4.69, 9.17) is 26.0 Å². The van der Waals surface area contributed by atoms with Gasteiger partial charge in [-0.15, -0.1) is 0 Å². The number of ether oxygens (including phenoxy) is 2. The van der Waals surface area contributed by atoms with Gasteiger partial charge in [-0.3, -0.25) is 0 Å². The Kier molecular flexibility index (Phi) is 12.2. The summed E-state index contributed by atoms with van der Waals surface area (Å²) in [5.41, 5.74) is 1.90. The zero-order valence-electron chi connectivity index (χ0n) is 14.1. The van der Waals surface area contributed by atoms with Gasteiger partial charge >= 0.3 is 176 Å². The molecule has 0 spiro atoms. The maximum atomic E-state index is 11.3. The van der Waals surface area contributed by atoms with Gasteiger partial charge in [-0.05, 0) is 0 Å². The quantitative estimate of drug-likeness (QED) is 0.251. The molecule has 2 unspecified atom stereocenters. The molecule has 0 saturated carbocycles. The third kappa shape index (κ3) is 8.81. The third-order valence-electron chi connectivity index (χ3n) is 3.50. The Morgan fingerprint density at radius 2 is 1.21 bits per heavy atom. The number of hydrogen-bond acceptors (Lipinski definition) is 4. The molecular formula is C16H20Cl2Hg2O4. The van der Waals surface area contributed by atoms with Gasteiger partial charge in [0.25, 0.3) is 0 Å². The summed E-state index contributed by atoms with van der Waals surface area (Å²) in [4.78, 5) is 22.6. The van der Waals surface area contributed by atoms with E-state index in [0.29, 0.717) is 0 Å². The second kappa shape index (κ2) is 12.9. The van der Waals surface area contributed by atoms with Crippen LogP contribution in [-0.4, -0.2) is 11.9 Å². The van der Waals surface area contributed by atoms with E-state index >= 15 is 0 Å². The number of carbonyl (C=O) groups is 2. The summed E-state index contributed by atoms with van der Waals surface area (Å²) in [5, 5.41) is 0. The van der Waals surface area contributed by atoms with Gasteiger partial charge in [0.15, 0.2) is 0 Å². The Morgan fingerprint density at radius 1 is 0.875 bits per heavy atom. The molecule has 1 rings (SSSR count). The van der Waals surface area contributed by atoms with Gasteiger partial charge in [0.2, 0.25) is 0 Å². The predicted octanol–water partition coefficient (Wildman–Crippen LogP) is 4.98. The molecule has 24 heavy (non-hydrogen) atoms. The van der Waals surface area contributed by atoms with Crippen molar-refractivity contribution >= 4 is 28.4 Å². The van der Waals surface area contributed by atoms with Gasteiger partial charge in [-0.2, -0.15) is 0 Å². The fourth-order valence-corrected chi connectivity index (χ4v) is 9.23. The normalized spacial score (nSPS) is 12.5. The van der Waals surface area contributed by atoms with Gasteiger partial charge in [0.1, 0.15) is 0 Å². The Labute approximate surface area is 174 Å². The van der Waals surface area contributed by atoms with Crippen LogP contribution in [0.5, 0.6) is 0 Å². The van der Waals surface area contributed by atoms with E-state index in [2.05, 4.69) is 0 Å². The fraction of sp³-hybridized carbons (Fsp3) is 0.500. The van der Waals surface area contributed by atoms with E-state index in [9.17, 15) is 9.59 Å². The van der Waals surface area contributed by atoms with Gasteiger partial charge < -0.3 is 0 Å². The summed E-state index contributed by atoms with van der Waals surface area (Å²) < 4.78 is 12.8. The molecule has 0 amide bonds. The van der Waals surface area contributed by atoms with Crippen molar-refractivity contribution in [3.8, 4) is 0 Å². The standard InChI is InChI=1S/C16H20O4.2ClH.2Hg/c1-5-15(19-11(3)17)13-7-9-14(10-8-13)16(6-2)20-12(4)18;;;;/h7-10,15-16H,1-2,5-6H2,3-4H3;2*1H;;/q;;;2*+1/p-2. The van der Waals surface area contributed by atoms with Crippen LogP contribution in [0.3, 0.4) is 0 Å². The Bertz CT molecular complexity index is 478. The van der Waals surface area contributed by atoms with Crippen LogP contribution in [0.4, 0.5) is 0 Å². The van der Waals surface area contributed by atoms with Crippen molar-refractivity contribution in [3.05, 3.63) is 35.4 Å². The first-order valence-corrected chi connectivity index (χ1v) is 29.3. The number of hydrogen-bond donors (Lipinski definition) is 0. The average Bonchev–Trinajstić information content (AvgIpc) is 2.55. The number of carbonyl (C=O) groups excluding carboxylic acids is 2. The van der Waals surface area contributed by atoms with Crippen LogP contribution in [0, 0.1) is 0 Å². The predicted molar refractivity (Wildman–Crippen MR) is 86.0 cm³/mol. The van der Waals surface area contributed by atoms with Crippen molar-refractivity contribution in [2.45, 2.75) is 46.8 Å². The SMILES string of the molecule is CC(=O)OC(C[CH2][Hg][Cl])c1ccc(C(C[CH2][Hg][Cl])OC(C)=O)cc1. The summed E-state index contributed by atoms with van der Waals surface area (Å²) in [7, 11) is 11.9. The Hall–Kier alpha value is 0.610. The molecule has 0 aliphatic heterocycles. The zero-order valence-corrected chi connectivity index (χ0v) is 26.6. The van der Waals surface area contributed by atoms with Crippen molar-refractivity contribution in [2.24, 2.45) is 0 Å². The van der Waals surface area contributed by atoms with Crippen molar-refractivity contribution in [3.63, 3.8) is 0 Å². The van der Waals surface area contributed by atoms with E-state index < -0.39 is 46.7 Å². The minimum absolute atomic E-state index is 0.248. The van der Waals surface area contributed by atoms with Crippen LogP contribution in [0.25, 0.3) is 0 Å². The van der Waals surface area contributed by atoms with Crippen LogP contribution in [0.1, 0.15) is 50.0 Å². The summed E-state index contributed by atoms with van der Waals surface area (Å²) in [6.07, 6.45) is 1.06. The van der Waals surface area contributed by atoms with Crippen LogP contribution in [0.2, 0.25) is 7.86 Å². The van der Waals surface area contributed by atoms with Crippen molar-refractivity contribution in [1.82, 2.24) is 0 Å². The van der Waals surface area contributed by atoms with Crippen molar-refractivity contribution in [2.75, 3.05) is 0 Å². The summed E-state index contributed by atoms with van der Waals surface area (Å²) >= 11 is -2.53. The van der Waals surface area contributed by atoms with Gasteiger partial charge in [0, 0.05) is 0 Å². The molecule has 0 bridgehead atoms. The van der Waals surface area contributed by atoms with Gasteiger partial charge in [0.05, 0.1) is 0 Å². The first-order valence-electron chi connectivity index (χ1n) is 8.04. The fourth-order valence-electron chi connectivity index (χ4n) is 2.44. The molecule has 0 saturated heterocycles. The Morgan fingerprint density at radius 3 is 1.46 bits per heavy atom. The molecule has 0 N–H and O–H groups in total. The molecule has 4 nitrogen and oxygen atoms in total. The van der Waals surface area contributed by atoms with Crippen LogP contribution < -0.4 is 0 Å². The van der Waals surface area contributed by atoms with E-state index in [-0.39, 0.29) is 24.1 Å². The first-order chi connectivity index (χ1) is 11.5. The van der Waals surface area contributed by atoms with E-state index in [1.54, 1.807) is 0 Å². The molecule has 0 aromatic heterocycles. The zero-order chi connectivity index (χ0) is 17.9. The van der Waals surface area contributed by atoms with Gasteiger partial charge in [-0.25, -0.2) is 0 Å². The van der Waals surface area contributed by atoms with Crippen molar-refractivity contribution in [1.29, 1.82) is 0 Å². The molecule has 0 heterocycles. The summed E-state index contributed by atoms with van der Waals surface area (Å²) in [5.74, 6) is -0.577. The number of rotatable bonds is 10. The second-order valence-electron chi connectivity index (χ2n) is 5.53. The molecule has 0 fully saturated rings. The van der Waals surface area contributed by atoms with Crippen LogP contribution in [-0.2, 0) is 65.7 Å². The minimum atomic E-state index is -1.26. The third-order valence-corrected chi connectivity index (χ3v) is 13.4. The van der Waals surface area contributed by atoms with E-state index in [1.807, 2.05) is 24.3 Å². The molecule has 1 aromatic rings. The van der Waals surface area contributed by atoms with Crippen LogP contribution in [0.15, 0.2) is 24.3 Å². The molecule has 0 radical (unpaired) electrons. The number of benzene rings is 1. The number of halogens is 2. The Balaban J connectivity index is 2.89. The first kappa shape index (κ1) is 22.7. The van der Waals surface area contributed by atoms with E-state index in [0.717, 1.165) is 31.8 Å². The van der Waals surface area contributed by atoms with E-state index in [1.165, 1.54) is 13.8 Å².